The molecule has 4 aromatic rings. The number of para-hydroxylation sites is 1. The molecule has 0 aliphatic rings. The number of hydrogen-bond acceptors (Lipinski definition) is 6. The lowest BCUT2D eigenvalue weighted by Crippen LogP contribution is -2.50. The van der Waals surface area contributed by atoms with Gasteiger partial charge in [0.2, 0.25) is 11.8 Å². The number of amides is 2. The maximum absolute atomic E-state index is 13.9. The zero-order valence-corrected chi connectivity index (χ0v) is 21.8. The van der Waals surface area contributed by atoms with E-state index < -0.39 is 11.6 Å². The number of rotatable bonds is 10. The zero-order chi connectivity index (χ0) is 25.7. The molecule has 0 fully saturated rings. The first kappa shape index (κ1) is 25.4. The Morgan fingerprint density at radius 1 is 1.11 bits per heavy atom. The Balaban J connectivity index is 1.74. The van der Waals surface area contributed by atoms with E-state index in [2.05, 4.69) is 15.6 Å². The van der Waals surface area contributed by atoms with Crippen molar-refractivity contribution in [3.63, 3.8) is 0 Å². The van der Waals surface area contributed by atoms with Crippen LogP contribution in [-0.4, -0.2) is 44.4 Å². The summed E-state index contributed by atoms with van der Waals surface area (Å²) in [6.07, 6.45) is 0.748. The molecule has 2 aromatic carbocycles. The number of aromatic nitrogens is 3. The molecule has 9 heteroatoms. The van der Waals surface area contributed by atoms with Gasteiger partial charge in [-0.05, 0) is 61.5 Å². The number of nitrogens with one attached hydrogen (secondary N) is 1. The molecule has 188 valence electrons. The molecule has 0 spiro atoms. The number of methoxy groups -OCH3 is 1. The van der Waals surface area contributed by atoms with E-state index in [9.17, 15) is 9.59 Å². The first-order valence-corrected chi connectivity index (χ1v) is 12.8. The van der Waals surface area contributed by atoms with Crippen molar-refractivity contribution in [2.75, 3.05) is 7.11 Å². The van der Waals surface area contributed by atoms with Crippen molar-refractivity contribution in [2.45, 2.75) is 51.9 Å². The second-order valence-electron chi connectivity index (χ2n) is 9.24. The third-order valence-corrected chi connectivity index (χ3v) is 7.13. The Bertz CT molecular complexity index is 1310. The molecule has 36 heavy (non-hydrogen) atoms. The van der Waals surface area contributed by atoms with Crippen LogP contribution in [0.5, 0.6) is 5.75 Å². The predicted octanol–water partition coefficient (Wildman–Crippen LogP) is 4.58. The summed E-state index contributed by atoms with van der Waals surface area (Å²) in [6.45, 7) is 6.22. The van der Waals surface area contributed by atoms with Crippen molar-refractivity contribution in [1.82, 2.24) is 25.2 Å². The monoisotopic (exact) mass is 505 g/mol. The second-order valence-corrected chi connectivity index (χ2v) is 10.3. The van der Waals surface area contributed by atoms with Gasteiger partial charge in [0.25, 0.3) is 0 Å². The maximum Gasteiger partial charge on any atom is 0.247 e. The van der Waals surface area contributed by atoms with Crippen molar-refractivity contribution >= 4 is 34.2 Å². The lowest BCUT2D eigenvalue weighted by Gasteiger charge is -2.34. The average molecular weight is 506 g/mol. The van der Waals surface area contributed by atoms with Gasteiger partial charge in [0.15, 0.2) is 0 Å². The zero-order valence-electron chi connectivity index (χ0n) is 21.0. The van der Waals surface area contributed by atoms with E-state index in [0.717, 1.165) is 16.8 Å². The van der Waals surface area contributed by atoms with E-state index >= 15 is 0 Å². The Morgan fingerprint density at radius 3 is 2.53 bits per heavy atom. The molecule has 2 aromatic heterocycles. The summed E-state index contributed by atoms with van der Waals surface area (Å²) in [6, 6.07) is 17.8. The van der Waals surface area contributed by atoms with Gasteiger partial charge in [-0.2, -0.15) is 0 Å². The first-order chi connectivity index (χ1) is 17.3. The van der Waals surface area contributed by atoms with E-state index in [1.807, 2.05) is 74.7 Å². The van der Waals surface area contributed by atoms with Crippen LogP contribution in [0, 0.1) is 0 Å². The minimum atomic E-state index is -0.842. The lowest BCUT2D eigenvalue weighted by molar-refractivity contribution is -0.142. The van der Waals surface area contributed by atoms with Crippen molar-refractivity contribution < 1.29 is 14.3 Å². The number of benzene rings is 2. The van der Waals surface area contributed by atoms with Crippen LogP contribution in [0.4, 0.5) is 0 Å². The molecule has 0 aliphatic carbocycles. The van der Waals surface area contributed by atoms with Crippen LogP contribution >= 0.6 is 11.3 Å². The van der Waals surface area contributed by atoms with Crippen LogP contribution in [0.2, 0.25) is 0 Å². The van der Waals surface area contributed by atoms with Crippen molar-refractivity contribution in [2.24, 2.45) is 0 Å². The molecule has 8 nitrogen and oxygen atoms in total. The number of hydrogen-bond donors (Lipinski definition) is 1. The highest BCUT2D eigenvalue weighted by molar-refractivity contribution is 7.09. The molecular weight excluding hydrogens is 474 g/mol. The van der Waals surface area contributed by atoms with Crippen LogP contribution in [0.1, 0.15) is 43.7 Å². The van der Waals surface area contributed by atoms with Gasteiger partial charge in [0.1, 0.15) is 23.9 Å². The molecule has 1 N–H and O–H groups in total. The van der Waals surface area contributed by atoms with Crippen LogP contribution in [-0.2, 0) is 22.7 Å². The fourth-order valence-electron chi connectivity index (χ4n) is 3.90. The first-order valence-electron chi connectivity index (χ1n) is 11.9. The number of carbonyl (C=O) groups excluding carboxylic acids is 2. The molecule has 0 aliphatic heterocycles. The third-order valence-electron chi connectivity index (χ3n) is 6.27. The number of ether oxygens (including phenoxy) is 1. The van der Waals surface area contributed by atoms with Gasteiger partial charge >= 0.3 is 0 Å². The number of nitrogens with zero attached hydrogens (tertiary/aromatic N) is 4. The van der Waals surface area contributed by atoms with Crippen LogP contribution in [0.3, 0.4) is 0 Å². The van der Waals surface area contributed by atoms with Gasteiger partial charge in [0.05, 0.1) is 19.2 Å². The van der Waals surface area contributed by atoms with E-state index in [0.29, 0.717) is 23.4 Å². The third kappa shape index (κ3) is 5.73. The minimum absolute atomic E-state index is 0.0387. The fourth-order valence-corrected chi connectivity index (χ4v) is 4.60. The van der Waals surface area contributed by atoms with Gasteiger partial charge in [0, 0.05) is 10.4 Å². The molecular formula is C27H31N5O3S. The average Bonchev–Trinajstić information content (AvgIpc) is 3.54. The maximum atomic E-state index is 13.9. The highest BCUT2D eigenvalue weighted by Crippen LogP contribution is 2.28. The Morgan fingerprint density at radius 2 is 1.86 bits per heavy atom. The summed E-state index contributed by atoms with van der Waals surface area (Å²) >= 11 is 1.55. The summed E-state index contributed by atoms with van der Waals surface area (Å²) in [5.41, 5.74) is 1.75. The molecule has 0 unspecified atom stereocenters. The normalized spacial score (nSPS) is 12.3. The fraction of sp³-hybridized carbons (Fsp3) is 0.333. The number of fused-ring (bicyclic) bond motifs is 1. The van der Waals surface area contributed by atoms with E-state index in [1.54, 1.807) is 40.2 Å². The van der Waals surface area contributed by atoms with Gasteiger partial charge in [-0.25, -0.2) is 4.68 Å². The Hall–Kier alpha value is -3.72. The van der Waals surface area contributed by atoms with Gasteiger partial charge in [-0.1, -0.05) is 42.5 Å². The molecule has 4 rings (SSSR count). The van der Waals surface area contributed by atoms with E-state index in [1.165, 1.54) is 0 Å². The topological polar surface area (TPSA) is 89.4 Å². The largest absolute Gasteiger partial charge is 0.497 e. The standard InChI is InChI=1S/C27H31N5O3S/c1-5-27(2,3)28-26(34)25(19-12-14-20(35-4)15-13-19)31(17-21-9-8-16-36-21)24(33)18-32-23-11-7-6-10-22(23)29-30-32/h6-16,25H,5,17-18H2,1-4H3,(H,28,34)/t25-/m0/s1. The number of carbonyl (C=O) groups is 2. The molecule has 2 heterocycles. The van der Waals surface area contributed by atoms with Crippen LogP contribution in [0.15, 0.2) is 66.0 Å². The van der Waals surface area contributed by atoms with Crippen LogP contribution in [0.25, 0.3) is 11.0 Å². The Kier molecular flexibility index (Phi) is 7.69. The van der Waals surface area contributed by atoms with Crippen molar-refractivity contribution in [3.8, 4) is 5.75 Å². The smallest absolute Gasteiger partial charge is 0.247 e. The van der Waals surface area contributed by atoms with Crippen molar-refractivity contribution in [3.05, 3.63) is 76.5 Å². The van der Waals surface area contributed by atoms with E-state index in [-0.39, 0.29) is 18.4 Å². The highest BCUT2D eigenvalue weighted by Gasteiger charge is 2.34. The van der Waals surface area contributed by atoms with Gasteiger partial charge in [-0.15, -0.1) is 16.4 Å². The van der Waals surface area contributed by atoms with Gasteiger partial charge in [-0.3, -0.25) is 9.59 Å². The summed E-state index contributed by atoms with van der Waals surface area (Å²) in [5.74, 6) is 0.210. The SMILES string of the molecule is CCC(C)(C)NC(=O)[C@H](c1ccc(OC)cc1)N(Cc1cccs1)C(=O)Cn1nnc2ccccc21. The predicted molar refractivity (Wildman–Crippen MR) is 141 cm³/mol. The second kappa shape index (κ2) is 10.9. The summed E-state index contributed by atoms with van der Waals surface area (Å²) in [5, 5.41) is 13.5. The molecule has 0 radical (unpaired) electrons. The summed E-state index contributed by atoms with van der Waals surface area (Å²) in [7, 11) is 1.60. The highest BCUT2D eigenvalue weighted by atomic mass is 32.1. The van der Waals surface area contributed by atoms with Gasteiger partial charge < -0.3 is 15.0 Å². The summed E-state index contributed by atoms with van der Waals surface area (Å²) in [4.78, 5) is 30.3. The van der Waals surface area contributed by atoms with E-state index in [4.69, 9.17) is 4.74 Å². The minimum Gasteiger partial charge on any atom is -0.497 e. The Labute approximate surface area is 214 Å². The molecule has 0 saturated heterocycles. The lowest BCUT2D eigenvalue weighted by atomic mass is 9.98. The number of thiophene rings is 1. The molecule has 0 bridgehead atoms. The molecule has 2 amide bonds. The molecule has 1 atom stereocenters. The quantitative estimate of drug-likeness (QED) is 0.341. The van der Waals surface area contributed by atoms with Crippen molar-refractivity contribution in [1.29, 1.82) is 0 Å². The summed E-state index contributed by atoms with van der Waals surface area (Å²) < 4.78 is 6.90. The molecule has 0 saturated carbocycles. The van der Waals surface area contributed by atoms with Crippen LogP contribution < -0.4 is 10.1 Å².